The Morgan fingerprint density at radius 2 is 2.00 bits per heavy atom. The summed E-state index contributed by atoms with van der Waals surface area (Å²) in [4.78, 5) is 18.4. The number of piperidine rings is 1. The molecule has 1 amide bonds. The molecule has 4 rings (SSSR count). The summed E-state index contributed by atoms with van der Waals surface area (Å²) in [7, 11) is -3.74. The van der Waals surface area contributed by atoms with Crippen molar-refractivity contribution in [1.29, 1.82) is 0 Å². The van der Waals surface area contributed by atoms with Gasteiger partial charge in [-0.2, -0.15) is 4.31 Å². The largest absolute Gasteiger partial charge is 0.302 e. The van der Waals surface area contributed by atoms with Gasteiger partial charge in [-0.1, -0.05) is 0 Å². The molecular weight excluding hydrogens is 389 g/mol. The first-order valence-corrected chi connectivity index (χ1v) is 11.2. The van der Waals surface area contributed by atoms with Crippen LogP contribution >= 0.6 is 11.3 Å². The van der Waals surface area contributed by atoms with E-state index in [9.17, 15) is 17.6 Å². The van der Waals surface area contributed by atoms with Crippen LogP contribution in [0.25, 0.3) is 0 Å². The molecule has 1 aromatic heterocycles. The molecule has 2 aliphatic rings. The second-order valence-electron chi connectivity index (χ2n) is 6.89. The lowest BCUT2D eigenvalue weighted by atomic mass is 9.99. The van der Waals surface area contributed by atoms with Gasteiger partial charge in [0.2, 0.25) is 15.9 Å². The highest BCUT2D eigenvalue weighted by Gasteiger charge is 2.33. The van der Waals surface area contributed by atoms with Crippen molar-refractivity contribution in [1.82, 2.24) is 9.29 Å². The molecule has 6 nitrogen and oxygen atoms in total. The van der Waals surface area contributed by atoms with Crippen molar-refractivity contribution in [2.45, 2.75) is 37.0 Å². The number of benzene rings is 1. The van der Waals surface area contributed by atoms with Gasteiger partial charge in [-0.05, 0) is 56.4 Å². The molecule has 0 saturated carbocycles. The van der Waals surface area contributed by atoms with Crippen molar-refractivity contribution in [3.8, 4) is 0 Å². The molecule has 1 atom stereocenters. The minimum Gasteiger partial charge on any atom is -0.302 e. The summed E-state index contributed by atoms with van der Waals surface area (Å²) in [5, 5.41) is 3.46. The van der Waals surface area contributed by atoms with Gasteiger partial charge in [-0.3, -0.25) is 4.79 Å². The van der Waals surface area contributed by atoms with E-state index < -0.39 is 21.8 Å². The topological polar surface area (TPSA) is 79.4 Å². The Morgan fingerprint density at radius 1 is 1.22 bits per heavy atom. The molecule has 2 aromatic rings. The SMILES string of the molecule is O=C(Nc1nc2c(s1)CCC2)C1CCCN(S(=O)(=O)c2ccc(F)cc2)C1. The Labute approximate surface area is 161 Å². The first kappa shape index (κ1) is 18.5. The number of aryl methyl sites for hydroxylation is 2. The van der Waals surface area contributed by atoms with Gasteiger partial charge >= 0.3 is 0 Å². The van der Waals surface area contributed by atoms with E-state index in [0.717, 1.165) is 37.1 Å². The van der Waals surface area contributed by atoms with E-state index in [-0.39, 0.29) is 17.3 Å². The lowest BCUT2D eigenvalue weighted by molar-refractivity contribution is -0.120. The van der Waals surface area contributed by atoms with Crippen molar-refractivity contribution in [2.24, 2.45) is 5.92 Å². The highest BCUT2D eigenvalue weighted by molar-refractivity contribution is 7.89. The van der Waals surface area contributed by atoms with Gasteiger partial charge in [0, 0.05) is 18.0 Å². The maximum atomic E-state index is 13.1. The van der Waals surface area contributed by atoms with Crippen LogP contribution in [0.3, 0.4) is 0 Å². The van der Waals surface area contributed by atoms with E-state index in [0.29, 0.717) is 24.5 Å². The number of hydrogen-bond acceptors (Lipinski definition) is 5. The lowest BCUT2D eigenvalue weighted by Crippen LogP contribution is -2.43. The van der Waals surface area contributed by atoms with Gasteiger partial charge in [0.25, 0.3) is 0 Å². The average molecular weight is 410 g/mol. The average Bonchev–Trinajstić information content (AvgIpc) is 3.24. The third-order valence-electron chi connectivity index (χ3n) is 5.03. The summed E-state index contributed by atoms with van der Waals surface area (Å²) in [6, 6.07) is 4.77. The Kier molecular flexibility index (Phi) is 5.00. The summed E-state index contributed by atoms with van der Waals surface area (Å²) in [6.45, 7) is 0.478. The fourth-order valence-corrected chi connectivity index (χ4v) is 6.16. The van der Waals surface area contributed by atoms with Gasteiger partial charge in [0.05, 0.1) is 16.5 Å². The van der Waals surface area contributed by atoms with Crippen LogP contribution in [0.15, 0.2) is 29.2 Å². The number of nitrogens with one attached hydrogen (secondary N) is 1. The Bertz CT molecular complexity index is 935. The highest BCUT2D eigenvalue weighted by Crippen LogP contribution is 2.31. The summed E-state index contributed by atoms with van der Waals surface area (Å²) in [5.74, 6) is -1.10. The number of aromatic nitrogens is 1. The molecule has 9 heteroatoms. The van der Waals surface area contributed by atoms with E-state index in [1.165, 1.54) is 32.7 Å². The van der Waals surface area contributed by atoms with Crippen LogP contribution in [0.5, 0.6) is 0 Å². The molecule has 1 unspecified atom stereocenters. The number of halogens is 1. The van der Waals surface area contributed by atoms with Gasteiger partial charge in [0.15, 0.2) is 5.13 Å². The van der Waals surface area contributed by atoms with Crippen molar-refractivity contribution in [3.63, 3.8) is 0 Å². The number of nitrogens with zero attached hydrogens (tertiary/aromatic N) is 2. The molecule has 1 aliphatic heterocycles. The molecule has 1 N–H and O–H groups in total. The predicted molar refractivity (Wildman–Crippen MR) is 101 cm³/mol. The molecule has 0 spiro atoms. The van der Waals surface area contributed by atoms with E-state index in [1.807, 2.05) is 0 Å². The van der Waals surface area contributed by atoms with Crippen LogP contribution in [-0.2, 0) is 27.7 Å². The first-order valence-electron chi connectivity index (χ1n) is 8.98. The summed E-state index contributed by atoms with van der Waals surface area (Å²) < 4.78 is 40.0. The van der Waals surface area contributed by atoms with Crippen LogP contribution in [0.4, 0.5) is 9.52 Å². The second-order valence-corrected chi connectivity index (χ2v) is 9.91. The van der Waals surface area contributed by atoms with Crippen LogP contribution in [0.2, 0.25) is 0 Å². The molecule has 1 saturated heterocycles. The smallest absolute Gasteiger partial charge is 0.243 e. The van der Waals surface area contributed by atoms with Crippen LogP contribution in [-0.4, -0.2) is 36.7 Å². The molecule has 0 radical (unpaired) electrons. The van der Waals surface area contributed by atoms with E-state index >= 15 is 0 Å². The zero-order valence-electron chi connectivity index (χ0n) is 14.7. The zero-order valence-corrected chi connectivity index (χ0v) is 16.3. The number of carbonyl (C=O) groups is 1. The third kappa shape index (κ3) is 3.76. The third-order valence-corrected chi connectivity index (χ3v) is 7.98. The maximum Gasteiger partial charge on any atom is 0.243 e. The summed E-state index contributed by atoms with van der Waals surface area (Å²) >= 11 is 1.51. The van der Waals surface area contributed by atoms with Gasteiger partial charge in [0.1, 0.15) is 5.82 Å². The normalized spacial score (nSPS) is 20.4. The number of amides is 1. The Balaban J connectivity index is 1.45. The number of rotatable bonds is 4. The molecule has 144 valence electrons. The van der Waals surface area contributed by atoms with Crippen molar-refractivity contribution < 1.29 is 17.6 Å². The van der Waals surface area contributed by atoms with E-state index in [4.69, 9.17) is 0 Å². The number of carbonyl (C=O) groups excluding carboxylic acids is 1. The van der Waals surface area contributed by atoms with Crippen LogP contribution < -0.4 is 5.32 Å². The van der Waals surface area contributed by atoms with Gasteiger partial charge in [-0.25, -0.2) is 17.8 Å². The number of thiazole rings is 1. The first-order chi connectivity index (χ1) is 12.9. The van der Waals surface area contributed by atoms with Crippen molar-refractivity contribution >= 4 is 32.4 Å². The molecule has 1 aromatic carbocycles. The number of anilines is 1. The molecule has 0 bridgehead atoms. The lowest BCUT2D eigenvalue weighted by Gasteiger charge is -2.31. The van der Waals surface area contributed by atoms with E-state index in [1.54, 1.807) is 0 Å². The fourth-order valence-electron chi connectivity index (χ4n) is 3.58. The molecule has 2 heterocycles. The summed E-state index contributed by atoms with van der Waals surface area (Å²) in [5.41, 5.74) is 1.07. The maximum absolute atomic E-state index is 13.1. The predicted octanol–water partition coefficient (Wildman–Crippen LogP) is 2.81. The zero-order chi connectivity index (χ0) is 19.0. The highest BCUT2D eigenvalue weighted by atomic mass is 32.2. The number of fused-ring (bicyclic) bond motifs is 1. The van der Waals surface area contributed by atoms with E-state index in [2.05, 4.69) is 10.3 Å². The van der Waals surface area contributed by atoms with Crippen LogP contribution in [0.1, 0.15) is 29.8 Å². The quantitative estimate of drug-likeness (QED) is 0.842. The van der Waals surface area contributed by atoms with Gasteiger partial charge in [-0.15, -0.1) is 11.3 Å². The molecule has 1 fully saturated rings. The van der Waals surface area contributed by atoms with Gasteiger partial charge < -0.3 is 5.32 Å². The minimum absolute atomic E-state index is 0.0429. The van der Waals surface area contributed by atoms with Crippen molar-refractivity contribution in [2.75, 3.05) is 18.4 Å². The molecule has 27 heavy (non-hydrogen) atoms. The second kappa shape index (κ2) is 7.29. The fraction of sp³-hybridized carbons (Fsp3) is 0.444. The number of sulfonamides is 1. The van der Waals surface area contributed by atoms with Crippen LogP contribution in [0, 0.1) is 11.7 Å². The number of hydrogen-bond donors (Lipinski definition) is 1. The summed E-state index contributed by atoms with van der Waals surface area (Å²) in [6.07, 6.45) is 4.31. The monoisotopic (exact) mass is 409 g/mol. The molecular formula is C18H20FN3O3S2. The molecule has 1 aliphatic carbocycles. The minimum atomic E-state index is -3.74. The standard InChI is InChI=1S/C18H20FN3O3S2/c19-13-6-8-14(9-7-13)27(24,25)22-10-2-3-12(11-22)17(23)21-18-20-15-4-1-5-16(15)26-18/h6-9,12H,1-5,10-11H2,(H,20,21,23). The van der Waals surface area contributed by atoms with Crippen molar-refractivity contribution in [3.05, 3.63) is 40.7 Å². The Morgan fingerprint density at radius 3 is 2.74 bits per heavy atom. The Hall–Kier alpha value is -1.84.